The highest BCUT2D eigenvalue weighted by Gasteiger charge is 2.32. The van der Waals surface area contributed by atoms with Gasteiger partial charge < -0.3 is 0 Å². The van der Waals surface area contributed by atoms with E-state index in [1.165, 1.54) is 0 Å². The molecule has 1 aliphatic rings. The molecule has 1 radical (unpaired) electrons. The van der Waals surface area contributed by atoms with Gasteiger partial charge in [-0.05, 0) is 38.1 Å². The molecule has 0 aliphatic carbocycles. The molecule has 0 atom stereocenters. The molecule has 0 spiro atoms. The summed E-state index contributed by atoms with van der Waals surface area (Å²) in [7, 11) is 0. The maximum atomic E-state index is 6.43. The first-order chi connectivity index (χ1) is 11.1. The van der Waals surface area contributed by atoms with E-state index in [1.54, 1.807) is 6.33 Å². The van der Waals surface area contributed by atoms with E-state index in [0.717, 1.165) is 28.4 Å². The molecule has 1 aliphatic heterocycles. The minimum atomic E-state index is -0.524. The Labute approximate surface area is 139 Å². The number of fused-ring (bicyclic) bond motifs is 3. The van der Waals surface area contributed by atoms with Crippen LogP contribution in [-0.4, -0.2) is 20.5 Å². The molecule has 0 fully saturated rings. The van der Waals surface area contributed by atoms with Gasteiger partial charge in [-0.2, -0.15) is 0 Å². The second-order valence-electron chi connectivity index (χ2n) is 5.97. The molecule has 4 nitrogen and oxygen atoms in total. The number of hydrogen-bond acceptors (Lipinski definition) is 3. The Bertz CT molecular complexity index is 924. The van der Waals surface area contributed by atoms with Crippen molar-refractivity contribution in [2.75, 3.05) is 0 Å². The van der Waals surface area contributed by atoms with Gasteiger partial charge in [0.15, 0.2) is 5.82 Å². The molecular weight excluding hydrogens is 308 g/mol. The van der Waals surface area contributed by atoms with E-state index in [0.29, 0.717) is 5.02 Å². The van der Waals surface area contributed by atoms with Crippen LogP contribution < -0.4 is 0 Å². The Morgan fingerprint density at radius 3 is 2.78 bits per heavy atom. The van der Waals surface area contributed by atoms with Crippen molar-refractivity contribution in [2.24, 2.45) is 4.99 Å². The molecule has 3 aromatic rings. The molecule has 0 saturated heterocycles. The van der Waals surface area contributed by atoms with E-state index in [-0.39, 0.29) is 0 Å². The summed E-state index contributed by atoms with van der Waals surface area (Å²) in [5.41, 5.74) is 3.17. The van der Waals surface area contributed by atoms with E-state index in [4.69, 9.17) is 16.6 Å². The molecule has 0 amide bonds. The van der Waals surface area contributed by atoms with Gasteiger partial charge in [0.2, 0.25) is 0 Å². The highest BCUT2D eigenvalue weighted by Crippen LogP contribution is 2.34. The second kappa shape index (κ2) is 5.03. The lowest BCUT2D eigenvalue weighted by Crippen LogP contribution is -2.19. The molecule has 0 N–H and O–H groups in total. The standard InChI is InChI=1S/C18H14ClN4/c1-18(2)17-22-20-11-23(17)15-10-6-4-8-13(15)16(21-18)12-7-3-5-9-14(12)19/h3,5-11H,1-2H3. The summed E-state index contributed by atoms with van der Waals surface area (Å²) < 4.78 is 1.98. The smallest absolute Gasteiger partial charge is 0.164 e. The fraction of sp³-hybridized carbons (Fsp3) is 0.167. The normalized spacial score (nSPS) is 15.3. The summed E-state index contributed by atoms with van der Waals surface area (Å²) in [6, 6.07) is 16.7. The van der Waals surface area contributed by atoms with E-state index < -0.39 is 5.54 Å². The number of nitrogens with zero attached hydrogens (tertiary/aromatic N) is 4. The van der Waals surface area contributed by atoms with Crippen LogP contribution in [0.5, 0.6) is 0 Å². The molecule has 5 heteroatoms. The fourth-order valence-corrected chi connectivity index (χ4v) is 3.12. The van der Waals surface area contributed by atoms with Crippen LogP contribution in [-0.2, 0) is 5.54 Å². The first-order valence-corrected chi connectivity index (χ1v) is 7.72. The Morgan fingerprint density at radius 1 is 1.13 bits per heavy atom. The maximum Gasteiger partial charge on any atom is 0.164 e. The minimum Gasteiger partial charge on any atom is -0.283 e. The van der Waals surface area contributed by atoms with Crippen molar-refractivity contribution in [3.63, 3.8) is 0 Å². The number of rotatable bonds is 1. The summed E-state index contributed by atoms with van der Waals surface area (Å²) in [6.07, 6.45) is 1.72. The maximum absolute atomic E-state index is 6.43. The number of aromatic nitrogens is 3. The molecule has 2 heterocycles. The van der Waals surface area contributed by atoms with E-state index in [2.05, 4.69) is 16.3 Å². The van der Waals surface area contributed by atoms with Gasteiger partial charge in [-0.3, -0.25) is 9.56 Å². The quantitative estimate of drug-likeness (QED) is 0.684. The van der Waals surface area contributed by atoms with E-state index in [9.17, 15) is 0 Å². The first kappa shape index (κ1) is 14.2. The van der Waals surface area contributed by atoms with E-state index in [1.807, 2.05) is 60.9 Å². The molecule has 2 aromatic carbocycles. The van der Waals surface area contributed by atoms with Gasteiger partial charge in [0, 0.05) is 16.1 Å². The SMILES string of the molecule is CC1(C)N=C(c2ccccc2Cl)c2c[c]ccc2-n2cnnc21. The zero-order valence-electron chi connectivity index (χ0n) is 12.8. The average Bonchev–Trinajstić information content (AvgIpc) is 3.01. The van der Waals surface area contributed by atoms with Crippen molar-refractivity contribution >= 4 is 17.3 Å². The van der Waals surface area contributed by atoms with Crippen LogP contribution in [0.3, 0.4) is 0 Å². The molecule has 0 saturated carbocycles. The van der Waals surface area contributed by atoms with Gasteiger partial charge in [0.1, 0.15) is 11.9 Å². The Kier molecular flexibility index (Phi) is 3.10. The zero-order chi connectivity index (χ0) is 16.0. The van der Waals surface area contributed by atoms with Crippen molar-refractivity contribution in [2.45, 2.75) is 19.4 Å². The van der Waals surface area contributed by atoms with Crippen LogP contribution in [0.1, 0.15) is 30.8 Å². The van der Waals surface area contributed by atoms with Crippen molar-refractivity contribution in [1.29, 1.82) is 0 Å². The number of halogens is 1. The summed E-state index contributed by atoms with van der Waals surface area (Å²) in [6.45, 7) is 4.06. The summed E-state index contributed by atoms with van der Waals surface area (Å²) in [5.74, 6) is 0.798. The molecule has 4 rings (SSSR count). The van der Waals surface area contributed by atoms with Crippen molar-refractivity contribution < 1.29 is 0 Å². The number of hydrogen-bond donors (Lipinski definition) is 0. The molecule has 1 aromatic heterocycles. The van der Waals surface area contributed by atoms with Crippen LogP contribution in [0, 0.1) is 6.07 Å². The summed E-state index contributed by atoms with van der Waals surface area (Å²) in [5, 5.41) is 9.02. The minimum absolute atomic E-state index is 0.524. The lowest BCUT2D eigenvalue weighted by molar-refractivity contribution is 0.510. The predicted molar refractivity (Wildman–Crippen MR) is 90.3 cm³/mol. The van der Waals surface area contributed by atoms with Gasteiger partial charge in [-0.25, -0.2) is 0 Å². The van der Waals surface area contributed by atoms with Crippen LogP contribution >= 0.6 is 11.6 Å². The van der Waals surface area contributed by atoms with Crippen molar-refractivity contribution in [3.8, 4) is 5.69 Å². The predicted octanol–water partition coefficient (Wildman–Crippen LogP) is 3.81. The van der Waals surface area contributed by atoms with Crippen LogP contribution in [0.2, 0.25) is 5.02 Å². The van der Waals surface area contributed by atoms with Crippen LogP contribution in [0.15, 0.2) is 53.8 Å². The third kappa shape index (κ3) is 2.18. The fourth-order valence-electron chi connectivity index (χ4n) is 2.90. The van der Waals surface area contributed by atoms with Gasteiger partial charge in [0.05, 0.1) is 11.4 Å². The highest BCUT2D eigenvalue weighted by atomic mass is 35.5. The number of benzene rings is 2. The molecular formula is C18H14ClN4. The van der Waals surface area contributed by atoms with Gasteiger partial charge in [0.25, 0.3) is 0 Å². The first-order valence-electron chi connectivity index (χ1n) is 7.34. The van der Waals surface area contributed by atoms with Crippen LogP contribution in [0.25, 0.3) is 5.69 Å². The third-order valence-electron chi connectivity index (χ3n) is 3.97. The molecule has 23 heavy (non-hydrogen) atoms. The largest absolute Gasteiger partial charge is 0.283 e. The van der Waals surface area contributed by atoms with Gasteiger partial charge in [-0.15, -0.1) is 10.2 Å². The Hall–Kier alpha value is -2.46. The monoisotopic (exact) mass is 321 g/mol. The molecule has 113 valence electrons. The Balaban J connectivity index is 2.08. The number of aliphatic imine (C=N–C) groups is 1. The Morgan fingerprint density at radius 2 is 1.96 bits per heavy atom. The topological polar surface area (TPSA) is 43.1 Å². The van der Waals surface area contributed by atoms with Crippen molar-refractivity contribution in [1.82, 2.24) is 14.8 Å². The average molecular weight is 322 g/mol. The molecule has 0 unspecified atom stereocenters. The van der Waals surface area contributed by atoms with Gasteiger partial charge >= 0.3 is 0 Å². The van der Waals surface area contributed by atoms with E-state index >= 15 is 0 Å². The lowest BCUT2D eigenvalue weighted by Gasteiger charge is -2.18. The summed E-state index contributed by atoms with van der Waals surface area (Å²) in [4.78, 5) is 4.98. The zero-order valence-corrected chi connectivity index (χ0v) is 13.5. The highest BCUT2D eigenvalue weighted by molar-refractivity contribution is 6.35. The second-order valence-corrected chi connectivity index (χ2v) is 6.37. The third-order valence-corrected chi connectivity index (χ3v) is 4.30. The lowest BCUT2D eigenvalue weighted by atomic mass is 9.99. The van der Waals surface area contributed by atoms with Crippen LogP contribution in [0.4, 0.5) is 0 Å². The summed E-state index contributed by atoms with van der Waals surface area (Å²) >= 11 is 6.43. The van der Waals surface area contributed by atoms with Crippen molar-refractivity contribution in [3.05, 3.63) is 76.8 Å². The molecule has 0 bridgehead atoms. The van der Waals surface area contributed by atoms with Gasteiger partial charge in [-0.1, -0.05) is 35.9 Å².